The van der Waals surface area contributed by atoms with E-state index in [9.17, 15) is 9.59 Å². The van der Waals surface area contributed by atoms with E-state index in [0.29, 0.717) is 17.4 Å². The van der Waals surface area contributed by atoms with Gasteiger partial charge in [-0.15, -0.1) is 11.3 Å². The van der Waals surface area contributed by atoms with Crippen molar-refractivity contribution in [2.75, 3.05) is 11.9 Å². The first-order valence-electron chi connectivity index (χ1n) is 5.65. The van der Waals surface area contributed by atoms with Crippen LogP contribution in [0.15, 0.2) is 5.38 Å². The zero-order chi connectivity index (χ0) is 13.1. The topological polar surface area (TPSA) is 88.5 Å². The molecule has 0 saturated carbocycles. The molecule has 0 aromatic carbocycles. The number of aromatic nitrogens is 1. The third kappa shape index (κ3) is 3.05. The zero-order valence-corrected chi connectivity index (χ0v) is 10.7. The molecule has 1 saturated heterocycles. The van der Waals surface area contributed by atoms with E-state index in [4.69, 9.17) is 9.84 Å². The Kier molecular flexibility index (Phi) is 3.93. The maximum atomic E-state index is 11.9. The highest BCUT2D eigenvalue weighted by molar-refractivity contribution is 7.13. The third-order valence-corrected chi connectivity index (χ3v) is 3.57. The summed E-state index contributed by atoms with van der Waals surface area (Å²) in [5.41, 5.74) is 0.447. The molecule has 6 nitrogen and oxygen atoms in total. The van der Waals surface area contributed by atoms with Crippen molar-refractivity contribution >= 4 is 28.3 Å². The van der Waals surface area contributed by atoms with Gasteiger partial charge >= 0.3 is 5.97 Å². The average Bonchev–Trinajstić information content (AvgIpc) is 2.87. The van der Waals surface area contributed by atoms with Crippen LogP contribution in [-0.2, 0) is 20.7 Å². The van der Waals surface area contributed by atoms with Crippen LogP contribution in [0.5, 0.6) is 0 Å². The van der Waals surface area contributed by atoms with Crippen LogP contribution in [0.25, 0.3) is 0 Å². The lowest BCUT2D eigenvalue weighted by atomic mass is 10.0. The maximum absolute atomic E-state index is 11.9. The zero-order valence-electron chi connectivity index (χ0n) is 9.88. The number of carbonyl (C=O) groups is 2. The van der Waals surface area contributed by atoms with Crippen molar-refractivity contribution in [1.82, 2.24) is 4.98 Å². The molecule has 1 aliphatic heterocycles. The van der Waals surface area contributed by atoms with Crippen LogP contribution in [0.2, 0.25) is 0 Å². The van der Waals surface area contributed by atoms with Crippen LogP contribution >= 0.6 is 11.3 Å². The lowest BCUT2D eigenvalue weighted by Crippen LogP contribution is -2.31. The Balaban J connectivity index is 1.94. The molecule has 1 aromatic rings. The molecule has 1 fully saturated rings. The predicted molar refractivity (Wildman–Crippen MR) is 65.6 cm³/mol. The van der Waals surface area contributed by atoms with Crippen molar-refractivity contribution in [2.45, 2.75) is 25.9 Å². The number of hydrogen-bond donors (Lipinski definition) is 2. The number of nitrogens with zero attached hydrogens (tertiary/aromatic N) is 1. The minimum atomic E-state index is -0.939. The Morgan fingerprint density at radius 2 is 2.44 bits per heavy atom. The molecule has 0 bridgehead atoms. The number of nitrogens with one attached hydrogen (secondary N) is 1. The molecule has 0 radical (unpaired) electrons. The van der Waals surface area contributed by atoms with E-state index in [-0.39, 0.29) is 18.2 Å². The Labute approximate surface area is 108 Å². The molecule has 98 valence electrons. The highest BCUT2D eigenvalue weighted by Crippen LogP contribution is 2.22. The van der Waals surface area contributed by atoms with Crippen molar-refractivity contribution in [1.29, 1.82) is 0 Å². The molecule has 18 heavy (non-hydrogen) atoms. The minimum Gasteiger partial charge on any atom is -0.481 e. The van der Waals surface area contributed by atoms with Crippen molar-refractivity contribution in [3.8, 4) is 0 Å². The largest absolute Gasteiger partial charge is 0.481 e. The first kappa shape index (κ1) is 13.0. The molecule has 7 heteroatoms. The van der Waals surface area contributed by atoms with Crippen LogP contribution in [-0.4, -0.2) is 34.7 Å². The molecule has 2 atom stereocenters. The van der Waals surface area contributed by atoms with Gasteiger partial charge in [0.05, 0.1) is 12.1 Å². The summed E-state index contributed by atoms with van der Waals surface area (Å²) in [7, 11) is 0. The van der Waals surface area contributed by atoms with Crippen LogP contribution < -0.4 is 5.32 Å². The number of carboxylic acids is 1. The van der Waals surface area contributed by atoms with Gasteiger partial charge in [0.25, 0.3) is 5.91 Å². The summed E-state index contributed by atoms with van der Waals surface area (Å²) in [5.74, 6) is -0.953. The predicted octanol–water partition coefficient (Wildman–Crippen LogP) is 1.13. The fourth-order valence-corrected chi connectivity index (χ4v) is 2.52. The van der Waals surface area contributed by atoms with E-state index in [2.05, 4.69) is 10.3 Å². The highest BCUT2D eigenvalue weighted by atomic mass is 32.1. The Morgan fingerprint density at radius 1 is 1.67 bits per heavy atom. The first-order chi connectivity index (χ1) is 8.56. The van der Waals surface area contributed by atoms with E-state index in [1.165, 1.54) is 11.3 Å². The molecular formula is C11H14N2O4S. The van der Waals surface area contributed by atoms with Gasteiger partial charge in [-0.1, -0.05) is 6.92 Å². The summed E-state index contributed by atoms with van der Waals surface area (Å²) in [4.78, 5) is 26.4. The summed E-state index contributed by atoms with van der Waals surface area (Å²) in [6.45, 7) is 2.57. The summed E-state index contributed by atoms with van der Waals surface area (Å²) >= 11 is 1.22. The standard InChI is InChI=1S/C11H14N2O4S/c1-6-2-3-17-9(6)10(16)13-11-12-7(5-18-11)4-8(14)15/h5-6,9H,2-4H2,1H3,(H,14,15)(H,12,13,16). The quantitative estimate of drug-likeness (QED) is 0.856. The van der Waals surface area contributed by atoms with Gasteiger partial charge in [-0.25, -0.2) is 4.98 Å². The molecule has 1 amide bonds. The van der Waals surface area contributed by atoms with Gasteiger partial charge in [0.2, 0.25) is 0 Å². The highest BCUT2D eigenvalue weighted by Gasteiger charge is 2.31. The number of rotatable bonds is 4. The molecule has 2 rings (SSSR count). The number of aliphatic carboxylic acids is 1. The van der Waals surface area contributed by atoms with Crippen LogP contribution in [0.3, 0.4) is 0 Å². The van der Waals surface area contributed by atoms with Gasteiger partial charge < -0.3 is 9.84 Å². The fourth-order valence-electron chi connectivity index (χ4n) is 1.81. The normalized spacial score (nSPS) is 22.9. The smallest absolute Gasteiger partial charge is 0.309 e. The second kappa shape index (κ2) is 5.45. The molecule has 1 aliphatic rings. The molecule has 0 spiro atoms. The number of ether oxygens (including phenoxy) is 1. The van der Waals surface area contributed by atoms with E-state index >= 15 is 0 Å². The maximum Gasteiger partial charge on any atom is 0.309 e. The SMILES string of the molecule is CC1CCOC1C(=O)Nc1nc(CC(=O)O)cs1. The first-order valence-corrected chi connectivity index (χ1v) is 6.53. The van der Waals surface area contributed by atoms with Gasteiger partial charge in [-0.05, 0) is 12.3 Å². The number of thiazole rings is 1. The lowest BCUT2D eigenvalue weighted by molar-refractivity contribution is -0.136. The summed E-state index contributed by atoms with van der Waals surface area (Å²) in [6.07, 6.45) is 0.306. The minimum absolute atomic E-state index is 0.136. The van der Waals surface area contributed by atoms with E-state index in [1.54, 1.807) is 5.38 Å². The molecule has 0 aliphatic carbocycles. The Morgan fingerprint density at radius 3 is 3.06 bits per heavy atom. The second-order valence-corrected chi connectivity index (χ2v) is 5.12. The van der Waals surface area contributed by atoms with Gasteiger partial charge in [0.15, 0.2) is 5.13 Å². The third-order valence-electron chi connectivity index (χ3n) is 2.76. The number of carboxylic acid groups (broad SMARTS) is 1. The van der Waals surface area contributed by atoms with Crippen molar-refractivity contribution in [3.63, 3.8) is 0 Å². The van der Waals surface area contributed by atoms with E-state index < -0.39 is 12.1 Å². The van der Waals surface area contributed by atoms with Gasteiger partial charge in [0, 0.05) is 12.0 Å². The van der Waals surface area contributed by atoms with Gasteiger partial charge in [0.1, 0.15) is 6.10 Å². The van der Waals surface area contributed by atoms with Crippen LogP contribution in [0, 0.1) is 5.92 Å². The summed E-state index contributed by atoms with van der Waals surface area (Å²) in [6, 6.07) is 0. The number of anilines is 1. The average molecular weight is 270 g/mol. The fraction of sp³-hybridized carbons (Fsp3) is 0.545. The van der Waals surface area contributed by atoms with Crippen LogP contribution in [0.1, 0.15) is 19.0 Å². The Hall–Kier alpha value is -1.47. The molecule has 2 heterocycles. The van der Waals surface area contributed by atoms with E-state index in [1.807, 2.05) is 6.92 Å². The summed E-state index contributed by atoms with van der Waals surface area (Å²) < 4.78 is 5.34. The Bertz CT molecular complexity index is 460. The second-order valence-electron chi connectivity index (χ2n) is 4.26. The van der Waals surface area contributed by atoms with Crippen molar-refractivity contribution < 1.29 is 19.4 Å². The number of hydrogen-bond acceptors (Lipinski definition) is 5. The summed E-state index contributed by atoms with van der Waals surface area (Å²) in [5, 5.41) is 13.3. The van der Waals surface area contributed by atoms with Crippen molar-refractivity contribution in [2.24, 2.45) is 5.92 Å². The molecule has 1 aromatic heterocycles. The van der Waals surface area contributed by atoms with Gasteiger partial charge in [-0.3, -0.25) is 14.9 Å². The number of carbonyl (C=O) groups excluding carboxylic acids is 1. The number of amides is 1. The molecular weight excluding hydrogens is 256 g/mol. The van der Waals surface area contributed by atoms with E-state index in [0.717, 1.165) is 6.42 Å². The monoisotopic (exact) mass is 270 g/mol. The lowest BCUT2D eigenvalue weighted by Gasteiger charge is -2.12. The van der Waals surface area contributed by atoms with Gasteiger partial charge in [-0.2, -0.15) is 0 Å². The molecule has 2 unspecified atom stereocenters. The van der Waals surface area contributed by atoms with Crippen molar-refractivity contribution in [3.05, 3.63) is 11.1 Å². The van der Waals surface area contributed by atoms with Crippen LogP contribution in [0.4, 0.5) is 5.13 Å². The molecule has 2 N–H and O–H groups in total.